The number of nitrogens with one attached hydrogen (secondary N) is 2. The molecule has 0 aromatic heterocycles. The molecule has 0 spiro atoms. The number of fused-ring (bicyclic) bond motifs is 1. The molecule has 2 aromatic rings. The minimum atomic E-state index is -0.0153. The molecule has 4 nitrogen and oxygen atoms in total. The minimum Gasteiger partial charge on any atom is -0.492 e. The van der Waals surface area contributed by atoms with E-state index in [1.165, 1.54) is 0 Å². The first-order valence-corrected chi connectivity index (χ1v) is 7.19. The molecule has 0 bridgehead atoms. The number of ether oxygens (including phenoxy) is 1. The normalized spacial score (nSPS) is 12.1. The average Bonchev–Trinajstić information content (AvgIpc) is 2.53. The highest BCUT2D eigenvalue weighted by Gasteiger charge is 2.14. The smallest absolute Gasteiger partial charge is 0.223 e. The molecule has 1 unspecified atom stereocenters. The summed E-state index contributed by atoms with van der Waals surface area (Å²) in [5.74, 6) is 0.845. The summed E-state index contributed by atoms with van der Waals surface area (Å²) >= 11 is 0. The molecule has 0 aliphatic rings. The van der Waals surface area contributed by atoms with Crippen LogP contribution in [-0.4, -0.2) is 26.6 Å². The van der Waals surface area contributed by atoms with Gasteiger partial charge in [0.1, 0.15) is 5.75 Å². The lowest BCUT2D eigenvalue weighted by atomic mass is 10.0. The molecule has 0 heterocycles. The Bertz CT molecular complexity index is 625. The number of carbonyl (C=O) groups excluding carboxylic acids is 1. The second-order valence-corrected chi connectivity index (χ2v) is 4.99. The number of carbonyl (C=O) groups is 1. The molecule has 112 valence electrons. The minimum absolute atomic E-state index is 0.0153. The van der Waals surface area contributed by atoms with E-state index in [0.717, 1.165) is 22.1 Å². The van der Waals surface area contributed by atoms with E-state index in [9.17, 15) is 4.79 Å². The van der Waals surface area contributed by atoms with E-state index in [4.69, 9.17) is 4.74 Å². The van der Waals surface area contributed by atoms with Crippen LogP contribution in [0.5, 0.6) is 5.75 Å². The third kappa shape index (κ3) is 3.52. The van der Waals surface area contributed by atoms with Crippen LogP contribution in [0.25, 0.3) is 10.8 Å². The molecule has 0 aliphatic heterocycles. The molecule has 0 fully saturated rings. The van der Waals surface area contributed by atoms with E-state index in [2.05, 4.69) is 41.8 Å². The summed E-state index contributed by atoms with van der Waals surface area (Å²) in [7, 11) is 3.56. The lowest BCUT2D eigenvalue weighted by molar-refractivity contribution is -0.121. The summed E-state index contributed by atoms with van der Waals surface area (Å²) < 4.78 is 5.95. The summed E-state index contributed by atoms with van der Waals surface area (Å²) in [5.41, 5.74) is 1.10. The van der Waals surface area contributed by atoms with Gasteiger partial charge in [0.05, 0.1) is 13.0 Å². The van der Waals surface area contributed by atoms with Crippen molar-refractivity contribution in [1.29, 1.82) is 0 Å². The number of benzene rings is 2. The van der Waals surface area contributed by atoms with Gasteiger partial charge in [-0.1, -0.05) is 36.4 Å². The maximum Gasteiger partial charge on any atom is 0.223 e. The first-order chi connectivity index (χ1) is 10.2. The molecule has 0 radical (unpaired) electrons. The van der Waals surface area contributed by atoms with Gasteiger partial charge in [-0.25, -0.2) is 0 Å². The monoisotopic (exact) mass is 286 g/mol. The fourth-order valence-corrected chi connectivity index (χ4v) is 2.29. The van der Waals surface area contributed by atoms with Crippen molar-refractivity contribution in [2.24, 2.45) is 0 Å². The molecule has 21 heavy (non-hydrogen) atoms. The van der Waals surface area contributed by atoms with E-state index in [1.807, 2.05) is 19.2 Å². The predicted octanol–water partition coefficient (Wildman–Crippen LogP) is 2.64. The Balaban J connectivity index is 2.34. The predicted molar refractivity (Wildman–Crippen MR) is 85.6 cm³/mol. The zero-order valence-electron chi connectivity index (χ0n) is 12.8. The van der Waals surface area contributed by atoms with Crippen LogP contribution in [0.1, 0.15) is 24.9 Å². The molecule has 2 N–H and O–H groups in total. The number of rotatable bonds is 6. The molecular weight excluding hydrogens is 264 g/mol. The standard InChI is InChI=1S/C17H22N2O2/c1-12(18-2)14-9-8-13-6-4-5-7-15(13)17(14)21-11-10-16(20)19-3/h4-9,12,18H,10-11H2,1-3H3,(H,19,20). The third-order valence-electron chi connectivity index (χ3n) is 3.66. The summed E-state index contributed by atoms with van der Waals surface area (Å²) in [4.78, 5) is 11.3. The van der Waals surface area contributed by atoms with Crippen molar-refractivity contribution in [2.75, 3.05) is 20.7 Å². The molecular formula is C17H22N2O2. The van der Waals surface area contributed by atoms with Crippen LogP contribution in [-0.2, 0) is 4.79 Å². The van der Waals surface area contributed by atoms with E-state index in [1.54, 1.807) is 7.05 Å². The fraction of sp³-hybridized carbons (Fsp3) is 0.353. The summed E-state index contributed by atoms with van der Waals surface area (Å²) in [5, 5.41) is 8.06. The van der Waals surface area contributed by atoms with Gasteiger partial charge in [0, 0.05) is 24.0 Å². The van der Waals surface area contributed by atoms with Crippen molar-refractivity contribution in [2.45, 2.75) is 19.4 Å². The maximum absolute atomic E-state index is 11.3. The van der Waals surface area contributed by atoms with Crippen molar-refractivity contribution >= 4 is 16.7 Å². The highest BCUT2D eigenvalue weighted by molar-refractivity contribution is 5.89. The average molecular weight is 286 g/mol. The second kappa shape index (κ2) is 7.09. The van der Waals surface area contributed by atoms with Crippen molar-refractivity contribution < 1.29 is 9.53 Å². The molecule has 1 atom stereocenters. The van der Waals surface area contributed by atoms with E-state index >= 15 is 0 Å². The van der Waals surface area contributed by atoms with Crippen LogP contribution in [0.2, 0.25) is 0 Å². The van der Waals surface area contributed by atoms with Gasteiger partial charge in [-0.2, -0.15) is 0 Å². The Hall–Kier alpha value is -2.07. The zero-order chi connectivity index (χ0) is 15.2. The molecule has 0 aliphatic carbocycles. The molecule has 4 heteroatoms. The Morgan fingerprint density at radius 2 is 1.95 bits per heavy atom. The van der Waals surface area contributed by atoms with Gasteiger partial charge in [0.25, 0.3) is 0 Å². The largest absolute Gasteiger partial charge is 0.492 e. The van der Waals surface area contributed by atoms with E-state index < -0.39 is 0 Å². The molecule has 2 rings (SSSR count). The van der Waals surface area contributed by atoms with Crippen molar-refractivity contribution in [3.63, 3.8) is 0 Å². The lowest BCUT2D eigenvalue weighted by Crippen LogP contribution is -2.20. The van der Waals surface area contributed by atoms with Gasteiger partial charge in [-0.3, -0.25) is 4.79 Å². The summed E-state index contributed by atoms with van der Waals surface area (Å²) in [6.07, 6.45) is 0.354. The Morgan fingerprint density at radius 3 is 2.67 bits per heavy atom. The van der Waals surface area contributed by atoms with Gasteiger partial charge in [0.2, 0.25) is 5.91 Å². The van der Waals surface area contributed by atoms with E-state index in [0.29, 0.717) is 13.0 Å². The van der Waals surface area contributed by atoms with Crippen LogP contribution in [0.15, 0.2) is 36.4 Å². The first kappa shape index (κ1) is 15.3. The van der Waals surface area contributed by atoms with Gasteiger partial charge in [0.15, 0.2) is 0 Å². The van der Waals surface area contributed by atoms with Gasteiger partial charge in [-0.15, -0.1) is 0 Å². The van der Waals surface area contributed by atoms with Crippen LogP contribution in [0.3, 0.4) is 0 Å². The van der Waals surface area contributed by atoms with Gasteiger partial charge >= 0.3 is 0 Å². The van der Waals surface area contributed by atoms with Gasteiger partial charge < -0.3 is 15.4 Å². The molecule has 0 saturated carbocycles. The Morgan fingerprint density at radius 1 is 1.19 bits per heavy atom. The van der Waals surface area contributed by atoms with Crippen molar-refractivity contribution in [3.05, 3.63) is 42.0 Å². The van der Waals surface area contributed by atoms with Gasteiger partial charge in [-0.05, 0) is 19.4 Å². The second-order valence-electron chi connectivity index (χ2n) is 4.99. The summed E-state index contributed by atoms with van der Waals surface area (Å²) in [6, 6.07) is 12.5. The van der Waals surface area contributed by atoms with Crippen molar-refractivity contribution in [1.82, 2.24) is 10.6 Å². The van der Waals surface area contributed by atoms with Crippen molar-refractivity contribution in [3.8, 4) is 5.75 Å². The quantitative estimate of drug-likeness (QED) is 0.858. The molecule has 1 amide bonds. The number of hydrogen-bond donors (Lipinski definition) is 2. The Labute approximate surface area is 125 Å². The topological polar surface area (TPSA) is 50.4 Å². The molecule has 0 saturated heterocycles. The molecule has 2 aromatic carbocycles. The highest BCUT2D eigenvalue weighted by atomic mass is 16.5. The highest BCUT2D eigenvalue weighted by Crippen LogP contribution is 2.33. The van der Waals surface area contributed by atoms with Crippen LogP contribution in [0.4, 0.5) is 0 Å². The third-order valence-corrected chi connectivity index (χ3v) is 3.66. The Kier molecular flexibility index (Phi) is 5.17. The maximum atomic E-state index is 11.3. The van der Waals surface area contributed by atoms with Crippen LogP contribution >= 0.6 is 0 Å². The first-order valence-electron chi connectivity index (χ1n) is 7.19. The fourth-order valence-electron chi connectivity index (χ4n) is 2.29. The SMILES string of the molecule is CNC(=O)CCOc1c(C(C)NC)ccc2ccccc12. The number of amides is 1. The number of hydrogen-bond acceptors (Lipinski definition) is 3. The lowest BCUT2D eigenvalue weighted by Gasteiger charge is -2.18. The van der Waals surface area contributed by atoms with Crippen LogP contribution < -0.4 is 15.4 Å². The van der Waals surface area contributed by atoms with E-state index in [-0.39, 0.29) is 11.9 Å². The van der Waals surface area contributed by atoms with Crippen LogP contribution in [0, 0.1) is 0 Å². The zero-order valence-corrected chi connectivity index (χ0v) is 12.8. The summed E-state index contributed by atoms with van der Waals surface area (Å²) in [6.45, 7) is 2.47.